The first kappa shape index (κ1) is 21.7. The maximum absolute atomic E-state index is 13.7. The van der Waals surface area contributed by atoms with Crippen molar-refractivity contribution in [2.45, 2.75) is 37.9 Å². The minimum absolute atomic E-state index is 0.0206. The lowest BCUT2D eigenvalue weighted by Gasteiger charge is -2.26. The van der Waals surface area contributed by atoms with Crippen molar-refractivity contribution >= 4 is 39.2 Å². The average molecular weight is 470 g/mol. The summed E-state index contributed by atoms with van der Waals surface area (Å²) in [6, 6.07) is 9.98. The minimum atomic E-state index is 0.0206. The minimum Gasteiger partial charge on any atom is -0.378 e. The zero-order valence-electron chi connectivity index (χ0n) is 18.2. The molecule has 0 bridgehead atoms. The number of aromatic nitrogens is 2. The highest BCUT2D eigenvalue weighted by atomic mass is 32.2. The third-order valence-electron chi connectivity index (χ3n) is 6.25. The lowest BCUT2D eigenvalue weighted by molar-refractivity contribution is -0.132. The highest BCUT2D eigenvalue weighted by Gasteiger charge is 2.25. The molecular weight excluding hydrogens is 442 g/mol. The molecule has 3 heterocycles. The summed E-state index contributed by atoms with van der Waals surface area (Å²) >= 11 is 3.03. The molecule has 2 aromatic heterocycles. The van der Waals surface area contributed by atoms with Gasteiger partial charge in [-0.3, -0.25) is 14.2 Å². The van der Waals surface area contributed by atoms with Gasteiger partial charge in [-0.25, -0.2) is 4.98 Å². The van der Waals surface area contributed by atoms with Gasteiger partial charge in [0.25, 0.3) is 5.56 Å². The summed E-state index contributed by atoms with van der Waals surface area (Å²) in [6.07, 6.45) is 3.08. The Hall–Kier alpha value is -2.16. The number of aryl methyl sites for hydroxylation is 1. The highest BCUT2D eigenvalue weighted by molar-refractivity contribution is 7.99. The Bertz CT molecular complexity index is 1180. The van der Waals surface area contributed by atoms with E-state index in [-0.39, 0.29) is 17.2 Å². The number of ether oxygens (including phenoxy) is 1. The van der Waals surface area contributed by atoms with Crippen molar-refractivity contribution in [3.63, 3.8) is 0 Å². The average Bonchev–Trinajstić information content (AvgIpc) is 3.18. The van der Waals surface area contributed by atoms with Gasteiger partial charge >= 0.3 is 0 Å². The van der Waals surface area contributed by atoms with Crippen LogP contribution in [0.3, 0.4) is 0 Å². The molecule has 1 fully saturated rings. The van der Waals surface area contributed by atoms with Crippen LogP contribution in [0.2, 0.25) is 0 Å². The Labute approximate surface area is 195 Å². The number of carbonyl (C=O) groups is 1. The third-order valence-corrected chi connectivity index (χ3v) is 8.36. The molecule has 1 saturated heterocycles. The zero-order valence-corrected chi connectivity index (χ0v) is 19.8. The predicted molar refractivity (Wildman–Crippen MR) is 129 cm³/mol. The van der Waals surface area contributed by atoms with E-state index in [2.05, 4.69) is 6.92 Å². The van der Waals surface area contributed by atoms with E-state index in [1.165, 1.54) is 22.2 Å². The fourth-order valence-electron chi connectivity index (χ4n) is 4.45. The van der Waals surface area contributed by atoms with Gasteiger partial charge < -0.3 is 9.64 Å². The first-order valence-electron chi connectivity index (χ1n) is 11.2. The van der Waals surface area contributed by atoms with Crippen LogP contribution in [0.4, 0.5) is 0 Å². The molecule has 2 aliphatic rings. The number of hydrogen-bond donors (Lipinski definition) is 0. The van der Waals surface area contributed by atoms with E-state index < -0.39 is 0 Å². The van der Waals surface area contributed by atoms with Crippen molar-refractivity contribution in [3.8, 4) is 0 Å². The van der Waals surface area contributed by atoms with Gasteiger partial charge in [-0.2, -0.15) is 0 Å². The van der Waals surface area contributed by atoms with Crippen LogP contribution in [-0.2, 0) is 28.9 Å². The largest absolute Gasteiger partial charge is 0.378 e. The van der Waals surface area contributed by atoms with Crippen molar-refractivity contribution in [2.75, 3.05) is 32.1 Å². The molecule has 1 atom stereocenters. The van der Waals surface area contributed by atoms with E-state index >= 15 is 0 Å². The number of morpholine rings is 1. The normalized spacial score (nSPS) is 18.7. The van der Waals surface area contributed by atoms with Gasteiger partial charge in [-0.05, 0) is 36.3 Å². The summed E-state index contributed by atoms with van der Waals surface area (Å²) in [5, 5.41) is 1.41. The van der Waals surface area contributed by atoms with Gasteiger partial charge in [0, 0.05) is 18.0 Å². The van der Waals surface area contributed by atoms with E-state index in [1.54, 1.807) is 15.9 Å². The molecule has 1 aliphatic carbocycles. The van der Waals surface area contributed by atoms with Crippen LogP contribution in [-0.4, -0.2) is 52.4 Å². The van der Waals surface area contributed by atoms with Gasteiger partial charge in [0.1, 0.15) is 4.83 Å². The molecule has 8 heteroatoms. The second kappa shape index (κ2) is 9.37. The maximum atomic E-state index is 13.7. The Balaban J connectivity index is 1.51. The Morgan fingerprint density at radius 3 is 2.81 bits per heavy atom. The van der Waals surface area contributed by atoms with Crippen LogP contribution in [0.15, 0.2) is 40.3 Å². The van der Waals surface area contributed by atoms with Crippen LogP contribution in [0.1, 0.15) is 29.3 Å². The molecule has 0 saturated carbocycles. The molecular formula is C24H27N3O3S2. The topological polar surface area (TPSA) is 64.4 Å². The second-order valence-corrected chi connectivity index (χ2v) is 10.6. The molecule has 32 heavy (non-hydrogen) atoms. The van der Waals surface area contributed by atoms with Crippen LogP contribution in [0, 0.1) is 5.92 Å². The number of fused-ring (bicyclic) bond motifs is 3. The van der Waals surface area contributed by atoms with E-state index in [0.29, 0.717) is 43.9 Å². The molecule has 0 radical (unpaired) electrons. The SMILES string of the molecule is C[C@@H]1CCc2c(sc3nc(SCC(=O)N4CCOCC4)n(Cc4ccccc4)c(=O)c23)C1. The van der Waals surface area contributed by atoms with E-state index in [1.807, 2.05) is 35.2 Å². The smallest absolute Gasteiger partial charge is 0.263 e. The first-order valence-corrected chi connectivity index (χ1v) is 13.0. The molecule has 3 aromatic rings. The van der Waals surface area contributed by atoms with Gasteiger partial charge in [0.05, 0.1) is 30.9 Å². The monoisotopic (exact) mass is 469 g/mol. The highest BCUT2D eigenvalue weighted by Crippen LogP contribution is 2.36. The Morgan fingerprint density at radius 1 is 1.25 bits per heavy atom. The van der Waals surface area contributed by atoms with Crippen molar-refractivity contribution < 1.29 is 9.53 Å². The molecule has 5 rings (SSSR count). The summed E-state index contributed by atoms with van der Waals surface area (Å²) in [5.74, 6) is 0.981. The van der Waals surface area contributed by atoms with E-state index in [9.17, 15) is 9.59 Å². The molecule has 1 aromatic carbocycles. The summed E-state index contributed by atoms with van der Waals surface area (Å²) in [6.45, 7) is 5.14. The number of benzene rings is 1. The molecule has 0 unspecified atom stereocenters. The number of amides is 1. The molecule has 6 nitrogen and oxygen atoms in total. The molecule has 1 aliphatic heterocycles. The number of nitrogens with zero attached hydrogens (tertiary/aromatic N) is 3. The van der Waals surface area contributed by atoms with Gasteiger partial charge in [-0.15, -0.1) is 11.3 Å². The van der Waals surface area contributed by atoms with Gasteiger partial charge in [0.15, 0.2) is 5.16 Å². The lowest BCUT2D eigenvalue weighted by atomic mass is 9.89. The van der Waals surface area contributed by atoms with Crippen molar-refractivity contribution in [3.05, 3.63) is 56.7 Å². The number of carbonyl (C=O) groups excluding carboxylic acids is 1. The predicted octanol–water partition coefficient (Wildman–Crippen LogP) is 3.58. The van der Waals surface area contributed by atoms with Gasteiger partial charge in [-0.1, -0.05) is 49.0 Å². The molecule has 168 valence electrons. The van der Waals surface area contributed by atoms with E-state index in [0.717, 1.165) is 35.0 Å². The van der Waals surface area contributed by atoms with E-state index in [4.69, 9.17) is 9.72 Å². The third kappa shape index (κ3) is 4.36. The lowest BCUT2D eigenvalue weighted by Crippen LogP contribution is -2.41. The first-order chi connectivity index (χ1) is 15.6. The number of thiophene rings is 1. The summed E-state index contributed by atoms with van der Waals surface area (Å²) < 4.78 is 7.12. The van der Waals surface area contributed by atoms with Crippen LogP contribution >= 0.6 is 23.1 Å². The van der Waals surface area contributed by atoms with Crippen molar-refractivity contribution in [1.82, 2.24) is 14.5 Å². The number of rotatable bonds is 5. The zero-order chi connectivity index (χ0) is 22.1. The number of thioether (sulfide) groups is 1. The molecule has 0 spiro atoms. The van der Waals surface area contributed by atoms with Crippen molar-refractivity contribution in [2.24, 2.45) is 5.92 Å². The summed E-state index contributed by atoms with van der Waals surface area (Å²) in [5.41, 5.74) is 2.27. The van der Waals surface area contributed by atoms with Crippen LogP contribution in [0.25, 0.3) is 10.2 Å². The fourth-order valence-corrected chi connectivity index (χ4v) is 6.78. The van der Waals surface area contributed by atoms with Crippen LogP contribution < -0.4 is 5.56 Å². The summed E-state index contributed by atoms with van der Waals surface area (Å²) in [4.78, 5) is 35.3. The number of hydrogen-bond acceptors (Lipinski definition) is 6. The standard InChI is InChI=1S/C24H27N3O3S2/c1-16-7-8-18-19(13-16)32-22-21(18)23(29)27(14-17-5-3-2-4-6-17)24(25-22)31-15-20(28)26-9-11-30-12-10-26/h2-6,16H,7-15H2,1H3/t16-/m1/s1. The Morgan fingerprint density at radius 2 is 2.03 bits per heavy atom. The fraction of sp³-hybridized carbons (Fsp3) is 0.458. The Kier molecular flexibility index (Phi) is 6.35. The van der Waals surface area contributed by atoms with Crippen LogP contribution in [0.5, 0.6) is 0 Å². The van der Waals surface area contributed by atoms with Crippen molar-refractivity contribution in [1.29, 1.82) is 0 Å². The second-order valence-electron chi connectivity index (χ2n) is 8.59. The molecule has 0 N–H and O–H groups in total. The molecule has 1 amide bonds. The van der Waals surface area contributed by atoms with Gasteiger partial charge in [0.2, 0.25) is 5.91 Å². The quantitative estimate of drug-likeness (QED) is 0.422. The summed E-state index contributed by atoms with van der Waals surface area (Å²) in [7, 11) is 0. The maximum Gasteiger partial charge on any atom is 0.263 e.